The van der Waals surface area contributed by atoms with Crippen LogP contribution in [-0.4, -0.2) is 18.5 Å². The molecule has 0 saturated carbocycles. The molecule has 0 saturated heterocycles. The molecule has 3 aromatic carbocycles. The predicted molar refractivity (Wildman–Crippen MR) is 136 cm³/mol. The summed E-state index contributed by atoms with van der Waals surface area (Å²) in [6.07, 6.45) is 0. The zero-order chi connectivity index (χ0) is 24.3. The highest BCUT2D eigenvalue weighted by Gasteiger charge is 2.27. The third-order valence-corrected chi connectivity index (χ3v) is 5.85. The summed E-state index contributed by atoms with van der Waals surface area (Å²) in [5.74, 6) is 0.481. The SMILES string of the molecule is C=C(C)c1cccc(C(C)(C)NC(=O)Nc2ccc3c(c2)N(Cc2ccccc2)C(=O)CO3)c1. The van der Waals surface area contributed by atoms with Gasteiger partial charge in [-0.2, -0.15) is 0 Å². The fraction of sp³-hybridized carbons (Fsp3) is 0.214. The standard InChI is InChI=1S/C28H29N3O3/c1-19(2)21-11-8-12-22(15-21)28(3,4)30-27(33)29-23-13-14-25-24(16-23)31(26(32)18-34-25)17-20-9-6-5-7-10-20/h5-16H,1,17-18H2,2-4H3,(H2,29,30,33). The van der Waals surface area contributed by atoms with Crippen molar-refractivity contribution in [3.05, 3.63) is 96.1 Å². The lowest BCUT2D eigenvalue weighted by Crippen LogP contribution is -2.43. The van der Waals surface area contributed by atoms with Crippen LogP contribution in [0, 0.1) is 0 Å². The summed E-state index contributed by atoms with van der Waals surface area (Å²) in [4.78, 5) is 27.2. The minimum absolute atomic E-state index is 0.00939. The molecule has 174 valence electrons. The van der Waals surface area contributed by atoms with E-state index in [-0.39, 0.29) is 18.5 Å². The van der Waals surface area contributed by atoms with Crippen molar-refractivity contribution < 1.29 is 14.3 Å². The molecule has 0 atom stereocenters. The van der Waals surface area contributed by atoms with Gasteiger partial charge in [0.05, 0.1) is 17.8 Å². The minimum atomic E-state index is -0.609. The van der Waals surface area contributed by atoms with Crippen LogP contribution in [0.1, 0.15) is 37.5 Å². The Morgan fingerprint density at radius 3 is 2.56 bits per heavy atom. The first kappa shape index (κ1) is 23.1. The monoisotopic (exact) mass is 455 g/mol. The molecule has 4 rings (SSSR count). The van der Waals surface area contributed by atoms with E-state index >= 15 is 0 Å². The molecular formula is C28H29N3O3. The Morgan fingerprint density at radius 2 is 1.82 bits per heavy atom. The molecule has 1 heterocycles. The smallest absolute Gasteiger partial charge is 0.319 e. The first-order chi connectivity index (χ1) is 16.2. The van der Waals surface area contributed by atoms with Crippen molar-refractivity contribution in [1.29, 1.82) is 0 Å². The number of carbonyl (C=O) groups excluding carboxylic acids is 2. The van der Waals surface area contributed by atoms with Gasteiger partial charge in [0, 0.05) is 5.69 Å². The molecule has 6 heteroatoms. The summed E-state index contributed by atoms with van der Waals surface area (Å²) in [5, 5.41) is 5.93. The number of hydrogen-bond donors (Lipinski definition) is 2. The maximum absolute atomic E-state index is 12.9. The van der Waals surface area contributed by atoms with Gasteiger partial charge in [-0.1, -0.05) is 60.7 Å². The second-order valence-corrected chi connectivity index (χ2v) is 9.00. The van der Waals surface area contributed by atoms with Gasteiger partial charge in [-0.25, -0.2) is 4.79 Å². The molecule has 34 heavy (non-hydrogen) atoms. The Bertz CT molecular complexity index is 1230. The van der Waals surface area contributed by atoms with Crippen LogP contribution in [0.15, 0.2) is 79.4 Å². The highest BCUT2D eigenvalue weighted by molar-refractivity contribution is 5.99. The van der Waals surface area contributed by atoms with Gasteiger partial charge in [0.15, 0.2) is 6.61 Å². The van der Waals surface area contributed by atoms with E-state index in [0.29, 0.717) is 23.7 Å². The van der Waals surface area contributed by atoms with E-state index in [1.54, 1.807) is 23.1 Å². The number of ether oxygens (including phenoxy) is 1. The molecule has 0 bridgehead atoms. The predicted octanol–water partition coefficient (Wildman–Crippen LogP) is 5.70. The molecule has 0 unspecified atom stereocenters. The lowest BCUT2D eigenvalue weighted by molar-refractivity contribution is -0.121. The normalized spacial score (nSPS) is 13.0. The zero-order valence-corrected chi connectivity index (χ0v) is 19.7. The number of rotatable bonds is 6. The first-order valence-corrected chi connectivity index (χ1v) is 11.2. The third kappa shape index (κ3) is 5.12. The number of amides is 3. The third-order valence-electron chi connectivity index (χ3n) is 5.85. The highest BCUT2D eigenvalue weighted by atomic mass is 16.5. The number of carbonyl (C=O) groups is 2. The van der Waals surface area contributed by atoms with Crippen molar-refractivity contribution in [3.63, 3.8) is 0 Å². The Morgan fingerprint density at radius 1 is 1.06 bits per heavy atom. The molecule has 2 N–H and O–H groups in total. The summed E-state index contributed by atoms with van der Waals surface area (Å²) in [7, 11) is 0. The molecule has 0 aliphatic carbocycles. The maximum Gasteiger partial charge on any atom is 0.319 e. The number of hydrogen-bond acceptors (Lipinski definition) is 3. The van der Waals surface area contributed by atoms with Crippen LogP contribution < -0.4 is 20.3 Å². The number of nitrogens with one attached hydrogen (secondary N) is 2. The summed E-state index contributed by atoms with van der Waals surface area (Å²) in [6.45, 7) is 10.3. The maximum atomic E-state index is 12.9. The lowest BCUT2D eigenvalue weighted by atomic mass is 9.92. The summed E-state index contributed by atoms with van der Waals surface area (Å²) >= 11 is 0. The molecule has 1 aliphatic heterocycles. The van der Waals surface area contributed by atoms with Crippen molar-refractivity contribution >= 4 is 28.9 Å². The molecule has 0 spiro atoms. The molecule has 0 fully saturated rings. The van der Waals surface area contributed by atoms with Gasteiger partial charge in [-0.15, -0.1) is 0 Å². The van der Waals surface area contributed by atoms with E-state index in [1.165, 1.54) is 0 Å². The molecule has 1 aliphatic rings. The lowest BCUT2D eigenvalue weighted by Gasteiger charge is -2.30. The van der Waals surface area contributed by atoms with E-state index in [0.717, 1.165) is 22.3 Å². The van der Waals surface area contributed by atoms with Crippen LogP contribution in [0.3, 0.4) is 0 Å². The minimum Gasteiger partial charge on any atom is -0.482 e. The van der Waals surface area contributed by atoms with E-state index in [2.05, 4.69) is 17.2 Å². The van der Waals surface area contributed by atoms with Crippen LogP contribution in [0.25, 0.3) is 5.57 Å². The summed E-state index contributed by atoms with van der Waals surface area (Å²) in [6, 6.07) is 22.7. The van der Waals surface area contributed by atoms with Crippen molar-refractivity contribution in [3.8, 4) is 5.75 Å². The fourth-order valence-corrected chi connectivity index (χ4v) is 3.91. The molecule has 3 aromatic rings. The van der Waals surface area contributed by atoms with Gasteiger partial charge in [0.1, 0.15) is 5.75 Å². The Hall–Kier alpha value is -4.06. The number of fused-ring (bicyclic) bond motifs is 1. The van der Waals surface area contributed by atoms with Gasteiger partial charge in [-0.05, 0) is 61.7 Å². The topological polar surface area (TPSA) is 70.7 Å². The number of benzene rings is 3. The van der Waals surface area contributed by atoms with Crippen LogP contribution in [0.4, 0.5) is 16.2 Å². The molecule has 0 radical (unpaired) electrons. The van der Waals surface area contributed by atoms with E-state index in [9.17, 15) is 9.59 Å². The van der Waals surface area contributed by atoms with E-state index in [1.807, 2.05) is 75.4 Å². The van der Waals surface area contributed by atoms with Gasteiger partial charge >= 0.3 is 6.03 Å². The Balaban J connectivity index is 1.51. The number of anilines is 2. The Labute approximate surface area is 200 Å². The van der Waals surface area contributed by atoms with Crippen molar-refractivity contribution in [2.45, 2.75) is 32.9 Å². The van der Waals surface area contributed by atoms with Crippen LogP contribution in [0.5, 0.6) is 5.75 Å². The van der Waals surface area contributed by atoms with Crippen LogP contribution >= 0.6 is 0 Å². The molecule has 0 aromatic heterocycles. The van der Waals surface area contributed by atoms with Gasteiger partial charge in [-0.3, -0.25) is 4.79 Å². The van der Waals surface area contributed by atoms with Gasteiger partial charge in [0.2, 0.25) is 0 Å². The van der Waals surface area contributed by atoms with Crippen molar-refractivity contribution in [2.75, 3.05) is 16.8 Å². The Kier molecular flexibility index (Phi) is 6.41. The van der Waals surface area contributed by atoms with E-state index < -0.39 is 5.54 Å². The summed E-state index contributed by atoms with van der Waals surface area (Å²) < 4.78 is 5.61. The summed E-state index contributed by atoms with van der Waals surface area (Å²) in [5.41, 5.74) is 4.58. The van der Waals surface area contributed by atoms with E-state index in [4.69, 9.17) is 4.74 Å². The average molecular weight is 456 g/mol. The van der Waals surface area contributed by atoms with Crippen molar-refractivity contribution in [1.82, 2.24) is 5.32 Å². The quantitative estimate of drug-likeness (QED) is 0.501. The molecule has 6 nitrogen and oxygen atoms in total. The second-order valence-electron chi connectivity index (χ2n) is 9.00. The second kappa shape index (κ2) is 9.43. The van der Waals surface area contributed by atoms with Crippen molar-refractivity contribution in [2.24, 2.45) is 0 Å². The first-order valence-electron chi connectivity index (χ1n) is 11.2. The van der Waals surface area contributed by atoms with Crippen LogP contribution in [0.2, 0.25) is 0 Å². The highest BCUT2D eigenvalue weighted by Crippen LogP contribution is 2.35. The van der Waals surface area contributed by atoms with Crippen LogP contribution in [-0.2, 0) is 16.9 Å². The number of allylic oxidation sites excluding steroid dienone is 1. The van der Waals surface area contributed by atoms with Gasteiger partial charge in [0.25, 0.3) is 5.91 Å². The average Bonchev–Trinajstić information content (AvgIpc) is 2.81. The fourth-order valence-electron chi connectivity index (χ4n) is 3.91. The van der Waals surface area contributed by atoms with Gasteiger partial charge < -0.3 is 20.3 Å². The number of nitrogens with zero attached hydrogens (tertiary/aromatic N) is 1. The zero-order valence-electron chi connectivity index (χ0n) is 19.7. The largest absolute Gasteiger partial charge is 0.482 e. The number of urea groups is 1. The molecular weight excluding hydrogens is 426 g/mol. The molecule has 3 amide bonds.